The Morgan fingerprint density at radius 1 is 1.40 bits per heavy atom. The largest absolute Gasteiger partial charge is 0.444 e. The van der Waals surface area contributed by atoms with Crippen molar-refractivity contribution in [2.45, 2.75) is 13.0 Å². The topological polar surface area (TPSA) is 63.4 Å². The van der Waals surface area contributed by atoms with E-state index in [9.17, 15) is 12.8 Å². The standard InChI is InChI=1S/C13H13FN2O3S/c14-11-4-1-3-10(7-11)13-15-12(9-19-13)8-16-5-2-6-20(16,17)18/h1,3-4,7,9H,2,5-6,8H2. The Balaban J connectivity index is 1.81. The first-order chi connectivity index (χ1) is 9.54. The lowest BCUT2D eigenvalue weighted by Crippen LogP contribution is -2.25. The second kappa shape index (κ2) is 4.99. The predicted molar refractivity (Wildman–Crippen MR) is 70.7 cm³/mol. The number of rotatable bonds is 3. The number of benzene rings is 1. The molecule has 1 aromatic heterocycles. The number of halogens is 1. The fraction of sp³-hybridized carbons (Fsp3) is 0.308. The van der Waals surface area contributed by atoms with E-state index in [2.05, 4.69) is 4.98 Å². The van der Waals surface area contributed by atoms with Gasteiger partial charge in [-0.1, -0.05) is 6.07 Å². The average Bonchev–Trinajstić information content (AvgIpc) is 2.98. The van der Waals surface area contributed by atoms with E-state index in [0.29, 0.717) is 24.2 Å². The Morgan fingerprint density at radius 2 is 2.25 bits per heavy atom. The molecule has 2 heterocycles. The van der Waals surface area contributed by atoms with Gasteiger partial charge in [-0.05, 0) is 24.6 Å². The van der Waals surface area contributed by atoms with Crippen molar-refractivity contribution >= 4 is 10.0 Å². The van der Waals surface area contributed by atoms with Crippen LogP contribution in [-0.2, 0) is 16.6 Å². The molecule has 0 spiro atoms. The van der Waals surface area contributed by atoms with E-state index in [-0.39, 0.29) is 24.0 Å². The molecule has 0 radical (unpaired) electrons. The molecule has 0 aliphatic carbocycles. The average molecular weight is 296 g/mol. The molecule has 0 saturated carbocycles. The number of hydrogen-bond acceptors (Lipinski definition) is 4. The monoisotopic (exact) mass is 296 g/mol. The smallest absolute Gasteiger partial charge is 0.226 e. The predicted octanol–water partition coefficient (Wildman–Crippen LogP) is 2.02. The molecule has 0 atom stereocenters. The third kappa shape index (κ3) is 2.59. The van der Waals surface area contributed by atoms with E-state index in [4.69, 9.17) is 4.42 Å². The van der Waals surface area contributed by atoms with Gasteiger partial charge in [0.2, 0.25) is 15.9 Å². The molecule has 20 heavy (non-hydrogen) atoms. The lowest BCUT2D eigenvalue weighted by Gasteiger charge is -2.11. The Bertz CT molecular complexity index is 727. The number of aromatic nitrogens is 1. The first kappa shape index (κ1) is 13.3. The van der Waals surface area contributed by atoms with Crippen LogP contribution in [0.25, 0.3) is 11.5 Å². The van der Waals surface area contributed by atoms with Gasteiger partial charge in [-0.2, -0.15) is 4.31 Å². The molecule has 0 amide bonds. The van der Waals surface area contributed by atoms with Crippen LogP contribution in [-0.4, -0.2) is 30.0 Å². The summed E-state index contributed by atoms with van der Waals surface area (Å²) in [6.45, 7) is 0.700. The Kier molecular flexibility index (Phi) is 3.31. The molecule has 1 aliphatic heterocycles. The van der Waals surface area contributed by atoms with E-state index in [1.165, 1.54) is 22.7 Å². The summed E-state index contributed by atoms with van der Waals surface area (Å²) in [5.74, 6) is 0.0992. The third-order valence-corrected chi connectivity index (χ3v) is 5.07. The van der Waals surface area contributed by atoms with Gasteiger partial charge < -0.3 is 4.42 Å². The van der Waals surface area contributed by atoms with Crippen molar-refractivity contribution in [3.63, 3.8) is 0 Å². The van der Waals surface area contributed by atoms with Crippen LogP contribution in [0.15, 0.2) is 34.9 Å². The van der Waals surface area contributed by atoms with Crippen LogP contribution < -0.4 is 0 Å². The minimum Gasteiger partial charge on any atom is -0.444 e. The van der Waals surface area contributed by atoms with Crippen molar-refractivity contribution in [1.82, 2.24) is 9.29 Å². The minimum absolute atomic E-state index is 0.182. The second-order valence-corrected chi connectivity index (χ2v) is 6.75. The summed E-state index contributed by atoms with van der Waals surface area (Å²) in [6, 6.07) is 5.91. The molecule has 0 N–H and O–H groups in total. The lowest BCUT2D eigenvalue weighted by atomic mass is 10.2. The zero-order chi connectivity index (χ0) is 14.2. The molecule has 0 unspecified atom stereocenters. The Hall–Kier alpha value is -1.73. The maximum Gasteiger partial charge on any atom is 0.226 e. The van der Waals surface area contributed by atoms with Gasteiger partial charge in [0, 0.05) is 12.1 Å². The van der Waals surface area contributed by atoms with Crippen LogP contribution in [0, 0.1) is 5.82 Å². The Labute approximate surface area is 116 Å². The zero-order valence-corrected chi connectivity index (χ0v) is 11.4. The summed E-state index contributed by atoms with van der Waals surface area (Å²) >= 11 is 0. The molecule has 1 aromatic carbocycles. The first-order valence-electron chi connectivity index (χ1n) is 6.23. The van der Waals surface area contributed by atoms with Gasteiger partial charge >= 0.3 is 0 Å². The molecule has 106 valence electrons. The Morgan fingerprint density at radius 3 is 2.95 bits per heavy atom. The number of nitrogens with zero attached hydrogens (tertiary/aromatic N) is 2. The molecule has 5 nitrogen and oxygen atoms in total. The van der Waals surface area contributed by atoms with Crippen molar-refractivity contribution in [2.24, 2.45) is 0 Å². The van der Waals surface area contributed by atoms with Crippen LogP contribution >= 0.6 is 0 Å². The highest BCUT2D eigenvalue weighted by Crippen LogP contribution is 2.22. The highest BCUT2D eigenvalue weighted by molar-refractivity contribution is 7.89. The van der Waals surface area contributed by atoms with Gasteiger partial charge in [-0.3, -0.25) is 0 Å². The van der Waals surface area contributed by atoms with Crippen molar-refractivity contribution in [1.29, 1.82) is 0 Å². The summed E-state index contributed by atoms with van der Waals surface area (Å²) < 4.78 is 43.2. The molecule has 7 heteroatoms. The molecule has 1 aliphatic rings. The normalized spacial score (nSPS) is 18.4. The van der Waals surface area contributed by atoms with Crippen molar-refractivity contribution in [3.05, 3.63) is 42.0 Å². The van der Waals surface area contributed by atoms with Gasteiger partial charge in [-0.15, -0.1) is 0 Å². The highest BCUT2D eigenvalue weighted by Gasteiger charge is 2.28. The maximum atomic E-state index is 13.1. The fourth-order valence-corrected chi connectivity index (χ4v) is 3.67. The number of sulfonamides is 1. The quantitative estimate of drug-likeness (QED) is 0.869. The maximum absolute atomic E-state index is 13.1. The van der Waals surface area contributed by atoms with Crippen LogP contribution in [0.2, 0.25) is 0 Å². The fourth-order valence-electron chi connectivity index (χ4n) is 2.18. The first-order valence-corrected chi connectivity index (χ1v) is 7.84. The molecule has 1 saturated heterocycles. The molecule has 1 fully saturated rings. The van der Waals surface area contributed by atoms with Gasteiger partial charge in [0.1, 0.15) is 12.1 Å². The summed E-state index contributed by atoms with van der Waals surface area (Å²) in [5.41, 5.74) is 1.05. The summed E-state index contributed by atoms with van der Waals surface area (Å²) in [4.78, 5) is 4.21. The van der Waals surface area contributed by atoms with Gasteiger partial charge in [0.25, 0.3) is 0 Å². The number of hydrogen-bond donors (Lipinski definition) is 0. The lowest BCUT2D eigenvalue weighted by molar-refractivity contribution is 0.434. The molecular weight excluding hydrogens is 283 g/mol. The van der Waals surface area contributed by atoms with E-state index >= 15 is 0 Å². The van der Waals surface area contributed by atoms with Crippen LogP contribution in [0.5, 0.6) is 0 Å². The zero-order valence-electron chi connectivity index (χ0n) is 10.6. The highest BCUT2D eigenvalue weighted by atomic mass is 32.2. The van der Waals surface area contributed by atoms with Crippen molar-refractivity contribution in [2.75, 3.05) is 12.3 Å². The molecule has 2 aromatic rings. The summed E-state index contributed by atoms with van der Waals surface area (Å²) in [7, 11) is -3.16. The van der Waals surface area contributed by atoms with E-state index < -0.39 is 10.0 Å². The summed E-state index contributed by atoms with van der Waals surface area (Å²) in [6.07, 6.45) is 2.05. The van der Waals surface area contributed by atoms with E-state index in [0.717, 1.165) is 0 Å². The molecule has 0 bridgehead atoms. The van der Waals surface area contributed by atoms with Gasteiger partial charge in [-0.25, -0.2) is 17.8 Å². The van der Waals surface area contributed by atoms with Crippen molar-refractivity contribution in [3.8, 4) is 11.5 Å². The van der Waals surface area contributed by atoms with Crippen LogP contribution in [0.3, 0.4) is 0 Å². The van der Waals surface area contributed by atoms with E-state index in [1.54, 1.807) is 12.1 Å². The van der Waals surface area contributed by atoms with Gasteiger partial charge in [0.05, 0.1) is 18.0 Å². The number of oxazole rings is 1. The summed E-state index contributed by atoms with van der Waals surface area (Å²) in [5, 5.41) is 0. The minimum atomic E-state index is -3.16. The van der Waals surface area contributed by atoms with Crippen LogP contribution in [0.1, 0.15) is 12.1 Å². The van der Waals surface area contributed by atoms with Crippen LogP contribution in [0.4, 0.5) is 4.39 Å². The molecule has 3 rings (SSSR count). The van der Waals surface area contributed by atoms with E-state index in [1.807, 2.05) is 0 Å². The SMILES string of the molecule is O=S1(=O)CCCN1Cc1coc(-c2cccc(F)c2)n1. The molecular formula is C13H13FN2O3S. The second-order valence-electron chi connectivity index (χ2n) is 4.66. The van der Waals surface area contributed by atoms with Crippen molar-refractivity contribution < 1.29 is 17.2 Å². The van der Waals surface area contributed by atoms with Gasteiger partial charge in [0.15, 0.2) is 0 Å². The third-order valence-electron chi connectivity index (χ3n) is 3.16.